The molecule has 2 N–H and O–H groups in total. The lowest BCUT2D eigenvalue weighted by Gasteiger charge is -2.41. The molecule has 0 amide bonds. The SMILES string of the molecule is COc1cc(C)c(C)cc1S(=O)(=O)N1CC[C@](O)(c2ccccc2)[C@@H](O)C1. The Bertz CT molecular complexity index is 929. The highest BCUT2D eigenvalue weighted by Crippen LogP contribution is 2.37. The summed E-state index contributed by atoms with van der Waals surface area (Å²) in [6, 6.07) is 12.1. The molecule has 0 radical (unpaired) electrons. The molecule has 7 heteroatoms. The lowest BCUT2D eigenvalue weighted by Crippen LogP contribution is -2.54. The monoisotopic (exact) mass is 391 g/mol. The summed E-state index contributed by atoms with van der Waals surface area (Å²) >= 11 is 0. The molecular weight excluding hydrogens is 366 g/mol. The molecule has 1 fully saturated rings. The zero-order chi connectivity index (χ0) is 19.8. The first-order valence-corrected chi connectivity index (χ1v) is 10.3. The van der Waals surface area contributed by atoms with Crippen molar-refractivity contribution in [2.24, 2.45) is 0 Å². The Morgan fingerprint density at radius 1 is 1.15 bits per heavy atom. The van der Waals surface area contributed by atoms with Gasteiger partial charge in [0.2, 0.25) is 10.0 Å². The Hall–Kier alpha value is -1.93. The van der Waals surface area contributed by atoms with Crippen LogP contribution in [0, 0.1) is 13.8 Å². The van der Waals surface area contributed by atoms with Crippen molar-refractivity contribution in [2.45, 2.75) is 36.9 Å². The molecule has 1 saturated heterocycles. The maximum atomic E-state index is 13.2. The number of piperidine rings is 1. The van der Waals surface area contributed by atoms with Crippen LogP contribution < -0.4 is 4.74 Å². The lowest BCUT2D eigenvalue weighted by atomic mass is 9.83. The van der Waals surface area contributed by atoms with Crippen LogP contribution in [0.4, 0.5) is 0 Å². The first kappa shape index (κ1) is 19.8. The molecule has 0 unspecified atom stereocenters. The van der Waals surface area contributed by atoms with Gasteiger partial charge in [0, 0.05) is 13.1 Å². The summed E-state index contributed by atoms with van der Waals surface area (Å²) in [6.07, 6.45) is -1.13. The number of sulfonamides is 1. The number of aliphatic hydroxyl groups excluding tert-OH is 1. The molecule has 0 bridgehead atoms. The summed E-state index contributed by atoms with van der Waals surface area (Å²) in [6.45, 7) is 3.64. The fourth-order valence-electron chi connectivity index (χ4n) is 3.44. The van der Waals surface area contributed by atoms with Crippen LogP contribution in [0.2, 0.25) is 0 Å². The lowest BCUT2D eigenvalue weighted by molar-refractivity contribution is -0.112. The van der Waals surface area contributed by atoms with Crippen LogP contribution >= 0.6 is 0 Å². The van der Waals surface area contributed by atoms with E-state index in [-0.39, 0.29) is 30.2 Å². The smallest absolute Gasteiger partial charge is 0.246 e. The molecule has 0 aromatic heterocycles. The first-order chi connectivity index (χ1) is 12.7. The standard InChI is InChI=1S/C20H25NO5S/c1-14-11-17(26-3)18(12-15(14)2)27(24,25)21-10-9-20(23,19(22)13-21)16-7-5-4-6-8-16/h4-8,11-12,19,22-23H,9-10,13H2,1-3H3/t19-,20-/m0/s1. The predicted molar refractivity (Wildman–Crippen MR) is 102 cm³/mol. The molecule has 1 aliphatic heterocycles. The molecule has 2 atom stereocenters. The second-order valence-electron chi connectivity index (χ2n) is 7.01. The van der Waals surface area contributed by atoms with Gasteiger partial charge in [-0.3, -0.25) is 0 Å². The highest BCUT2D eigenvalue weighted by atomic mass is 32.2. The number of aryl methyl sites for hydroxylation is 2. The van der Waals surface area contributed by atoms with E-state index in [4.69, 9.17) is 4.74 Å². The van der Waals surface area contributed by atoms with Gasteiger partial charge < -0.3 is 14.9 Å². The largest absolute Gasteiger partial charge is 0.495 e. The van der Waals surface area contributed by atoms with Gasteiger partial charge in [-0.1, -0.05) is 30.3 Å². The van der Waals surface area contributed by atoms with Crippen molar-refractivity contribution in [1.82, 2.24) is 4.31 Å². The average molecular weight is 391 g/mol. The van der Waals surface area contributed by atoms with Gasteiger partial charge in [-0.2, -0.15) is 4.31 Å². The van der Waals surface area contributed by atoms with Crippen LogP contribution in [-0.4, -0.2) is 49.2 Å². The van der Waals surface area contributed by atoms with Crippen molar-refractivity contribution in [3.8, 4) is 5.75 Å². The molecule has 1 aliphatic rings. The summed E-state index contributed by atoms with van der Waals surface area (Å²) in [5, 5.41) is 21.6. The van der Waals surface area contributed by atoms with E-state index in [0.29, 0.717) is 5.56 Å². The Kier molecular flexibility index (Phi) is 5.31. The van der Waals surface area contributed by atoms with E-state index in [1.807, 2.05) is 19.9 Å². The van der Waals surface area contributed by atoms with Gasteiger partial charge in [0.25, 0.3) is 0 Å². The molecule has 2 aromatic rings. The number of aliphatic hydroxyl groups is 2. The zero-order valence-corrected chi connectivity index (χ0v) is 16.5. The molecule has 0 saturated carbocycles. The fourth-order valence-corrected chi connectivity index (χ4v) is 5.11. The normalized spacial score (nSPS) is 24.0. The van der Waals surface area contributed by atoms with Crippen LogP contribution in [0.3, 0.4) is 0 Å². The summed E-state index contributed by atoms with van der Waals surface area (Å²) in [4.78, 5) is 0.0745. The summed E-state index contributed by atoms with van der Waals surface area (Å²) < 4.78 is 32.8. The molecule has 2 aromatic carbocycles. The summed E-state index contributed by atoms with van der Waals surface area (Å²) in [7, 11) is -2.44. The summed E-state index contributed by atoms with van der Waals surface area (Å²) in [5.41, 5.74) is 0.884. The van der Waals surface area contributed by atoms with E-state index in [2.05, 4.69) is 0 Å². The van der Waals surface area contributed by atoms with Crippen LogP contribution in [0.25, 0.3) is 0 Å². The van der Waals surface area contributed by atoms with Crippen LogP contribution in [0.5, 0.6) is 5.75 Å². The van der Waals surface area contributed by atoms with Crippen molar-refractivity contribution in [3.63, 3.8) is 0 Å². The molecular formula is C20H25NO5S. The van der Waals surface area contributed by atoms with Gasteiger partial charge in [0.15, 0.2) is 0 Å². The third-order valence-electron chi connectivity index (χ3n) is 5.34. The third kappa shape index (κ3) is 3.48. The Morgan fingerprint density at radius 3 is 2.37 bits per heavy atom. The van der Waals surface area contributed by atoms with Gasteiger partial charge in [-0.15, -0.1) is 0 Å². The molecule has 146 valence electrons. The molecule has 0 aliphatic carbocycles. The van der Waals surface area contributed by atoms with Crippen molar-refractivity contribution < 1.29 is 23.4 Å². The van der Waals surface area contributed by atoms with Crippen molar-refractivity contribution in [3.05, 3.63) is 59.2 Å². The van der Waals surface area contributed by atoms with E-state index < -0.39 is 21.7 Å². The van der Waals surface area contributed by atoms with Crippen LogP contribution in [0.1, 0.15) is 23.1 Å². The van der Waals surface area contributed by atoms with Crippen molar-refractivity contribution in [2.75, 3.05) is 20.2 Å². The number of ether oxygens (including phenoxy) is 1. The molecule has 6 nitrogen and oxygen atoms in total. The van der Waals surface area contributed by atoms with E-state index in [1.165, 1.54) is 11.4 Å². The first-order valence-electron chi connectivity index (χ1n) is 8.81. The minimum Gasteiger partial charge on any atom is -0.495 e. The van der Waals surface area contributed by atoms with Gasteiger partial charge in [0.1, 0.15) is 22.4 Å². The van der Waals surface area contributed by atoms with Gasteiger partial charge in [-0.05, 0) is 49.1 Å². The number of hydrogen-bond acceptors (Lipinski definition) is 5. The topological polar surface area (TPSA) is 87.1 Å². The number of nitrogens with zero attached hydrogens (tertiary/aromatic N) is 1. The fraction of sp³-hybridized carbons (Fsp3) is 0.400. The van der Waals surface area contributed by atoms with E-state index in [1.54, 1.807) is 36.4 Å². The van der Waals surface area contributed by atoms with Crippen molar-refractivity contribution >= 4 is 10.0 Å². The molecule has 27 heavy (non-hydrogen) atoms. The van der Waals surface area contributed by atoms with E-state index in [9.17, 15) is 18.6 Å². The van der Waals surface area contributed by atoms with Gasteiger partial charge >= 0.3 is 0 Å². The number of hydrogen-bond donors (Lipinski definition) is 2. The van der Waals surface area contributed by atoms with Gasteiger partial charge in [0.05, 0.1) is 7.11 Å². The van der Waals surface area contributed by atoms with E-state index >= 15 is 0 Å². The van der Waals surface area contributed by atoms with Crippen LogP contribution in [-0.2, 0) is 15.6 Å². The minimum absolute atomic E-state index is 0.0745. The molecule has 0 spiro atoms. The molecule has 3 rings (SSSR count). The highest BCUT2D eigenvalue weighted by Gasteiger charge is 2.45. The maximum Gasteiger partial charge on any atom is 0.246 e. The number of β-amino-alcohol motifs (C(OH)–C–C–N with tert-alkyl or cyclic N) is 1. The Balaban J connectivity index is 1.92. The number of rotatable bonds is 4. The Morgan fingerprint density at radius 2 is 1.78 bits per heavy atom. The maximum absolute atomic E-state index is 13.2. The van der Waals surface area contributed by atoms with Crippen molar-refractivity contribution in [1.29, 1.82) is 0 Å². The second-order valence-corrected chi connectivity index (χ2v) is 8.91. The minimum atomic E-state index is -3.87. The number of benzene rings is 2. The van der Waals surface area contributed by atoms with Gasteiger partial charge in [-0.25, -0.2) is 8.42 Å². The zero-order valence-electron chi connectivity index (χ0n) is 15.7. The quantitative estimate of drug-likeness (QED) is 0.832. The van der Waals surface area contributed by atoms with Crippen LogP contribution in [0.15, 0.2) is 47.4 Å². The highest BCUT2D eigenvalue weighted by molar-refractivity contribution is 7.89. The second kappa shape index (κ2) is 7.24. The average Bonchev–Trinajstić information content (AvgIpc) is 2.66. The third-order valence-corrected chi connectivity index (χ3v) is 7.23. The molecule has 1 heterocycles. The summed E-state index contributed by atoms with van der Waals surface area (Å²) in [5.74, 6) is 0.275. The predicted octanol–water partition coefficient (Wildman–Crippen LogP) is 1.96. The Labute approximate surface area is 160 Å². The number of methoxy groups -OCH3 is 1. The van der Waals surface area contributed by atoms with E-state index in [0.717, 1.165) is 11.1 Å².